The van der Waals surface area contributed by atoms with E-state index in [4.69, 9.17) is 9.47 Å². The topological polar surface area (TPSA) is 76.6 Å². The molecular weight excluding hydrogens is 272 g/mol. The summed E-state index contributed by atoms with van der Waals surface area (Å²) >= 11 is 0. The second-order valence-corrected chi connectivity index (χ2v) is 4.90. The van der Waals surface area contributed by atoms with Crippen LogP contribution >= 0.6 is 0 Å². The van der Waals surface area contributed by atoms with Gasteiger partial charge in [-0.1, -0.05) is 0 Å². The molecule has 0 saturated carbocycles. The number of carbonyl (C=O) groups excluding carboxylic acids is 1. The molecule has 1 aromatic heterocycles. The number of nitrogens with one attached hydrogen (secondary N) is 1. The van der Waals surface area contributed by atoms with Gasteiger partial charge in [0.25, 0.3) is 5.91 Å². The van der Waals surface area contributed by atoms with E-state index in [-0.39, 0.29) is 5.91 Å². The molecule has 1 N–H and O–H groups in total. The van der Waals surface area contributed by atoms with Gasteiger partial charge in [0.05, 0.1) is 13.2 Å². The molecule has 0 radical (unpaired) electrons. The zero-order valence-electron chi connectivity index (χ0n) is 12.6. The minimum Gasteiger partial charge on any atom is -0.385 e. The van der Waals surface area contributed by atoms with Gasteiger partial charge in [0.2, 0.25) is 5.95 Å². The maximum Gasteiger partial charge on any atom is 0.270 e. The zero-order chi connectivity index (χ0) is 15.1. The van der Waals surface area contributed by atoms with E-state index in [1.165, 1.54) is 0 Å². The number of aromatic nitrogens is 2. The number of amides is 1. The summed E-state index contributed by atoms with van der Waals surface area (Å²) in [5, 5.41) is 2.84. The lowest BCUT2D eigenvalue weighted by Crippen LogP contribution is -2.38. The molecule has 1 fully saturated rings. The van der Waals surface area contributed by atoms with Crippen molar-refractivity contribution >= 4 is 11.9 Å². The van der Waals surface area contributed by atoms with Crippen molar-refractivity contribution < 1.29 is 14.3 Å². The van der Waals surface area contributed by atoms with E-state index in [2.05, 4.69) is 15.3 Å². The number of ether oxygens (including phenoxy) is 2. The number of aryl methyl sites for hydroxylation is 1. The molecule has 1 aromatic rings. The van der Waals surface area contributed by atoms with Crippen LogP contribution < -0.4 is 10.2 Å². The highest BCUT2D eigenvalue weighted by molar-refractivity contribution is 5.92. The molecule has 7 heteroatoms. The van der Waals surface area contributed by atoms with E-state index in [1.54, 1.807) is 13.2 Å². The average Bonchev–Trinajstić information content (AvgIpc) is 2.51. The molecule has 0 aromatic carbocycles. The normalized spacial score (nSPS) is 15.0. The molecule has 1 aliphatic heterocycles. The first-order valence-electron chi connectivity index (χ1n) is 7.16. The van der Waals surface area contributed by atoms with Crippen molar-refractivity contribution in [3.8, 4) is 0 Å². The van der Waals surface area contributed by atoms with E-state index in [9.17, 15) is 4.79 Å². The average molecular weight is 294 g/mol. The molecule has 0 aliphatic carbocycles. The SMILES string of the molecule is COCCCNC(=O)c1cc(C)nc(N2CCOCC2)n1. The van der Waals surface area contributed by atoms with Gasteiger partial charge < -0.3 is 19.7 Å². The van der Waals surface area contributed by atoms with Crippen LogP contribution in [0.5, 0.6) is 0 Å². The fourth-order valence-electron chi connectivity index (χ4n) is 2.08. The predicted octanol–water partition coefficient (Wildman–Crippen LogP) is 0.388. The van der Waals surface area contributed by atoms with E-state index in [1.807, 2.05) is 11.8 Å². The second-order valence-electron chi connectivity index (χ2n) is 4.90. The van der Waals surface area contributed by atoms with E-state index < -0.39 is 0 Å². The lowest BCUT2D eigenvalue weighted by molar-refractivity contribution is 0.0943. The molecule has 0 atom stereocenters. The third-order valence-electron chi connectivity index (χ3n) is 3.18. The molecule has 1 aliphatic rings. The van der Waals surface area contributed by atoms with Crippen molar-refractivity contribution in [3.05, 3.63) is 17.5 Å². The molecule has 0 spiro atoms. The quantitative estimate of drug-likeness (QED) is 0.765. The Hall–Kier alpha value is -1.73. The smallest absolute Gasteiger partial charge is 0.270 e. The molecule has 1 amide bonds. The summed E-state index contributed by atoms with van der Waals surface area (Å²) in [4.78, 5) is 22.9. The van der Waals surface area contributed by atoms with E-state index in [0.717, 1.165) is 25.2 Å². The fraction of sp³-hybridized carbons (Fsp3) is 0.643. The first-order valence-corrected chi connectivity index (χ1v) is 7.16. The van der Waals surface area contributed by atoms with Gasteiger partial charge in [0, 0.05) is 39.0 Å². The Morgan fingerprint density at radius 3 is 2.90 bits per heavy atom. The first kappa shape index (κ1) is 15.7. The van der Waals surface area contributed by atoms with Gasteiger partial charge >= 0.3 is 0 Å². The summed E-state index contributed by atoms with van der Waals surface area (Å²) in [5.74, 6) is 0.423. The number of anilines is 1. The Morgan fingerprint density at radius 1 is 1.43 bits per heavy atom. The van der Waals surface area contributed by atoms with Gasteiger partial charge in [-0.2, -0.15) is 0 Å². The van der Waals surface area contributed by atoms with Crippen LogP contribution in [0.1, 0.15) is 22.6 Å². The van der Waals surface area contributed by atoms with E-state index in [0.29, 0.717) is 38.0 Å². The Balaban J connectivity index is 2.01. The van der Waals surface area contributed by atoms with Crippen LogP contribution in [-0.2, 0) is 9.47 Å². The maximum atomic E-state index is 12.1. The summed E-state index contributed by atoms with van der Waals surface area (Å²) in [6.07, 6.45) is 0.780. The third kappa shape index (κ3) is 4.64. The maximum absolute atomic E-state index is 12.1. The Morgan fingerprint density at radius 2 is 2.19 bits per heavy atom. The van der Waals surface area contributed by atoms with E-state index >= 15 is 0 Å². The molecule has 0 unspecified atom stereocenters. The molecule has 7 nitrogen and oxygen atoms in total. The van der Waals surface area contributed by atoms with Crippen LogP contribution in [-0.4, -0.2) is 62.4 Å². The number of hydrogen-bond donors (Lipinski definition) is 1. The number of nitrogens with zero attached hydrogens (tertiary/aromatic N) is 3. The largest absolute Gasteiger partial charge is 0.385 e. The number of rotatable bonds is 6. The van der Waals surface area contributed by atoms with Gasteiger partial charge in [-0.15, -0.1) is 0 Å². The van der Waals surface area contributed by atoms with Gasteiger partial charge in [0.1, 0.15) is 5.69 Å². The highest BCUT2D eigenvalue weighted by Crippen LogP contribution is 2.12. The summed E-state index contributed by atoms with van der Waals surface area (Å²) < 4.78 is 10.3. The number of methoxy groups -OCH3 is 1. The molecule has 2 rings (SSSR count). The molecular formula is C14H22N4O3. The first-order chi connectivity index (χ1) is 10.2. The van der Waals surface area contributed by atoms with Crippen molar-refractivity contribution in [2.75, 3.05) is 51.5 Å². The minimum absolute atomic E-state index is 0.175. The summed E-state index contributed by atoms with van der Waals surface area (Å²) in [7, 11) is 1.64. The van der Waals surface area contributed by atoms with Crippen molar-refractivity contribution in [2.24, 2.45) is 0 Å². The van der Waals surface area contributed by atoms with Crippen molar-refractivity contribution in [3.63, 3.8) is 0 Å². The van der Waals surface area contributed by atoms with Crippen molar-refractivity contribution in [1.82, 2.24) is 15.3 Å². The lowest BCUT2D eigenvalue weighted by Gasteiger charge is -2.27. The summed E-state index contributed by atoms with van der Waals surface area (Å²) in [6, 6.07) is 1.70. The van der Waals surface area contributed by atoms with Crippen LogP contribution in [0.15, 0.2) is 6.07 Å². The standard InChI is InChI=1S/C14H22N4O3/c1-11-10-12(13(19)15-4-3-7-20-2)17-14(16-11)18-5-8-21-9-6-18/h10H,3-9H2,1-2H3,(H,15,19). The van der Waals surface area contributed by atoms with Gasteiger partial charge in [-0.3, -0.25) is 4.79 Å². The van der Waals surface area contributed by atoms with Crippen LogP contribution in [0, 0.1) is 6.92 Å². The molecule has 116 valence electrons. The number of hydrogen-bond acceptors (Lipinski definition) is 6. The number of carbonyl (C=O) groups is 1. The fourth-order valence-corrected chi connectivity index (χ4v) is 2.08. The lowest BCUT2D eigenvalue weighted by atomic mass is 10.3. The van der Waals surface area contributed by atoms with Crippen LogP contribution in [0.4, 0.5) is 5.95 Å². The molecule has 2 heterocycles. The number of morpholine rings is 1. The third-order valence-corrected chi connectivity index (χ3v) is 3.18. The van der Waals surface area contributed by atoms with Crippen molar-refractivity contribution in [1.29, 1.82) is 0 Å². The van der Waals surface area contributed by atoms with Crippen LogP contribution in [0.2, 0.25) is 0 Å². The Bertz CT molecular complexity index is 475. The monoisotopic (exact) mass is 294 g/mol. The highest BCUT2D eigenvalue weighted by Gasteiger charge is 2.17. The highest BCUT2D eigenvalue weighted by atomic mass is 16.5. The predicted molar refractivity (Wildman–Crippen MR) is 78.6 cm³/mol. The Kier molecular flexibility index (Phi) is 5.89. The Labute approximate surface area is 124 Å². The second kappa shape index (κ2) is 7.90. The van der Waals surface area contributed by atoms with Gasteiger partial charge in [-0.25, -0.2) is 9.97 Å². The molecule has 21 heavy (non-hydrogen) atoms. The summed E-state index contributed by atoms with van der Waals surface area (Å²) in [5.41, 5.74) is 1.19. The van der Waals surface area contributed by atoms with Crippen molar-refractivity contribution in [2.45, 2.75) is 13.3 Å². The molecule has 1 saturated heterocycles. The zero-order valence-corrected chi connectivity index (χ0v) is 12.6. The summed E-state index contributed by atoms with van der Waals surface area (Å²) in [6.45, 7) is 5.89. The van der Waals surface area contributed by atoms with Gasteiger partial charge in [-0.05, 0) is 19.4 Å². The minimum atomic E-state index is -0.175. The van der Waals surface area contributed by atoms with Crippen LogP contribution in [0.3, 0.4) is 0 Å². The molecule has 0 bridgehead atoms. The van der Waals surface area contributed by atoms with Crippen LogP contribution in [0.25, 0.3) is 0 Å². The van der Waals surface area contributed by atoms with Gasteiger partial charge in [0.15, 0.2) is 0 Å².